The van der Waals surface area contributed by atoms with Gasteiger partial charge in [-0.25, -0.2) is 18.1 Å². The zero-order valence-corrected chi connectivity index (χ0v) is 16.4. The number of nitrogens with zero attached hydrogens (tertiary/aromatic N) is 5. The van der Waals surface area contributed by atoms with Gasteiger partial charge in [0, 0.05) is 25.8 Å². The number of aryl methyl sites for hydroxylation is 2. The molecule has 4 heterocycles. The van der Waals surface area contributed by atoms with E-state index in [1.807, 2.05) is 30.0 Å². The summed E-state index contributed by atoms with van der Waals surface area (Å²) in [6, 6.07) is 3.63. The van der Waals surface area contributed by atoms with E-state index in [0.29, 0.717) is 19.6 Å². The average molecular weight is 392 g/mol. The minimum atomic E-state index is -3.53. The molecule has 3 aromatic heterocycles. The van der Waals surface area contributed by atoms with Crippen LogP contribution in [0.15, 0.2) is 28.6 Å². The minimum absolute atomic E-state index is 0.233. The molecule has 138 valence electrons. The largest absolute Gasteiger partial charge is 0.254 e. The normalized spacial score (nSPS) is 19.2. The highest BCUT2D eigenvalue weighted by molar-refractivity contribution is 7.89. The summed E-state index contributed by atoms with van der Waals surface area (Å²) in [5, 5.41) is 6.33. The number of rotatable bonds is 4. The lowest BCUT2D eigenvalue weighted by molar-refractivity contribution is 0.238. The fourth-order valence-corrected chi connectivity index (χ4v) is 5.87. The molecule has 0 amide bonds. The van der Waals surface area contributed by atoms with Gasteiger partial charge in [0.2, 0.25) is 10.0 Å². The topological polar surface area (TPSA) is 81.0 Å². The number of piperidine rings is 1. The Balaban J connectivity index is 1.55. The van der Waals surface area contributed by atoms with Crippen molar-refractivity contribution in [2.24, 2.45) is 5.92 Å². The van der Waals surface area contributed by atoms with Crippen molar-refractivity contribution in [2.75, 3.05) is 13.1 Å². The standard InChI is InChI=1S/C17H21N5O2S2/c1-12-19-13(2)22(20-12)11-14-4-3-6-21(10-14)26(23,24)15-8-17-16(18-9-15)5-7-25-17/h5,7-9,14H,3-4,6,10-11H2,1-2H3. The molecular weight excluding hydrogens is 370 g/mol. The van der Waals surface area contributed by atoms with Crippen molar-refractivity contribution in [3.63, 3.8) is 0 Å². The Labute approximate surface area is 156 Å². The average Bonchev–Trinajstić information content (AvgIpc) is 3.20. The lowest BCUT2D eigenvalue weighted by Crippen LogP contribution is -2.41. The first kappa shape index (κ1) is 17.6. The minimum Gasteiger partial charge on any atom is -0.254 e. The van der Waals surface area contributed by atoms with Crippen LogP contribution in [0, 0.1) is 19.8 Å². The van der Waals surface area contributed by atoms with Crippen LogP contribution in [0.25, 0.3) is 10.2 Å². The van der Waals surface area contributed by atoms with Gasteiger partial charge < -0.3 is 0 Å². The van der Waals surface area contributed by atoms with E-state index in [9.17, 15) is 8.42 Å². The van der Waals surface area contributed by atoms with E-state index >= 15 is 0 Å². The molecule has 4 rings (SSSR count). The third-order valence-corrected chi connectivity index (χ3v) is 7.47. The number of thiophene rings is 1. The zero-order valence-electron chi connectivity index (χ0n) is 14.8. The highest BCUT2D eigenvalue weighted by atomic mass is 32.2. The molecule has 0 spiro atoms. The van der Waals surface area contributed by atoms with Gasteiger partial charge >= 0.3 is 0 Å². The van der Waals surface area contributed by atoms with Crippen molar-refractivity contribution < 1.29 is 8.42 Å². The molecule has 0 bridgehead atoms. The predicted octanol–water partition coefficient (Wildman–Crippen LogP) is 2.61. The van der Waals surface area contributed by atoms with Crippen LogP contribution in [0.1, 0.15) is 24.5 Å². The molecule has 0 radical (unpaired) electrons. The smallest absolute Gasteiger partial charge is 0.244 e. The summed E-state index contributed by atoms with van der Waals surface area (Å²) < 4.78 is 30.5. The van der Waals surface area contributed by atoms with Crippen molar-refractivity contribution in [1.82, 2.24) is 24.1 Å². The molecule has 1 aliphatic rings. The molecule has 0 N–H and O–H groups in total. The van der Waals surface area contributed by atoms with E-state index in [1.165, 1.54) is 17.5 Å². The molecule has 1 atom stereocenters. The van der Waals surface area contributed by atoms with E-state index in [-0.39, 0.29) is 10.8 Å². The lowest BCUT2D eigenvalue weighted by Gasteiger charge is -2.31. The van der Waals surface area contributed by atoms with E-state index in [2.05, 4.69) is 15.1 Å². The van der Waals surface area contributed by atoms with Gasteiger partial charge in [0.05, 0.1) is 10.2 Å². The molecular formula is C17H21N5O2S2. The van der Waals surface area contributed by atoms with E-state index < -0.39 is 10.0 Å². The first-order valence-electron chi connectivity index (χ1n) is 8.65. The molecule has 9 heteroatoms. The molecule has 0 aliphatic carbocycles. The van der Waals surface area contributed by atoms with Crippen LogP contribution < -0.4 is 0 Å². The van der Waals surface area contributed by atoms with E-state index in [4.69, 9.17) is 0 Å². The highest BCUT2D eigenvalue weighted by Crippen LogP contribution is 2.27. The SMILES string of the molecule is Cc1nc(C)n(CC2CCCN(S(=O)(=O)c3cnc4ccsc4c3)C2)n1. The summed E-state index contributed by atoms with van der Waals surface area (Å²) >= 11 is 1.51. The Kier molecular flexibility index (Phi) is 4.54. The maximum Gasteiger partial charge on any atom is 0.244 e. The summed E-state index contributed by atoms with van der Waals surface area (Å²) in [5.74, 6) is 1.85. The maximum atomic E-state index is 13.1. The van der Waals surface area contributed by atoms with Crippen molar-refractivity contribution in [3.05, 3.63) is 35.4 Å². The Morgan fingerprint density at radius 1 is 1.35 bits per heavy atom. The predicted molar refractivity (Wildman–Crippen MR) is 101 cm³/mol. The fraction of sp³-hybridized carbons (Fsp3) is 0.471. The van der Waals surface area contributed by atoms with Gasteiger partial charge in [-0.15, -0.1) is 11.3 Å². The van der Waals surface area contributed by atoms with Crippen molar-refractivity contribution >= 4 is 31.6 Å². The lowest BCUT2D eigenvalue weighted by atomic mass is 10.00. The molecule has 1 fully saturated rings. The molecule has 0 aromatic carbocycles. The van der Waals surface area contributed by atoms with Crippen LogP contribution in [-0.4, -0.2) is 45.6 Å². The Morgan fingerprint density at radius 2 is 2.19 bits per heavy atom. The molecule has 1 saturated heterocycles. The molecule has 7 nitrogen and oxygen atoms in total. The van der Waals surface area contributed by atoms with Gasteiger partial charge in [-0.3, -0.25) is 4.98 Å². The number of hydrogen-bond acceptors (Lipinski definition) is 6. The second-order valence-electron chi connectivity index (χ2n) is 6.73. The van der Waals surface area contributed by atoms with Gasteiger partial charge in [0.15, 0.2) is 0 Å². The van der Waals surface area contributed by atoms with Gasteiger partial charge in [-0.2, -0.15) is 9.40 Å². The van der Waals surface area contributed by atoms with Crippen molar-refractivity contribution in [2.45, 2.75) is 38.1 Å². The van der Waals surface area contributed by atoms with Gasteiger partial charge in [-0.1, -0.05) is 0 Å². The van der Waals surface area contributed by atoms with Gasteiger partial charge in [0.25, 0.3) is 0 Å². The van der Waals surface area contributed by atoms with Crippen molar-refractivity contribution in [3.8, 4) is 0 Å². The second-order valence-corrected chi connectivity index (χ2v) is 9.62. The van der Waals surface area contributed by atoms with Crippen molar-refractivity contribution in [1.29, 1.82) is 0 Å². The fourth-order valence-electron chi connectivity index (χ4n) is 3.49. The van der Waals surface area contributed by atoms with Crippen LogP contribution in [0.5, 0.6) is 0 Å². The summed E-state index contributed by atoms with van der Waals surface area (Å²) in [4.78, 5) is 8.89. The first-order valence-corrected chi connectivity index (χ1v) is 11.0. The number of hydrogen-bond donors (Lipinski definition) is 0. The summed E-state index contributed by atoms with van der Waals surface area (Å²) in [6.45, 7) is 5.55. The van der Waals surface area contributed by atoms with Crippen LogP contribution in [0.3, 0.4) is 0 Å². The number of fused-ring (bicyclic) bond motifs is 1. The summed E-state index contributed by atoms with van der Waals surface area (Å²) in [7, 11) is -3.53. The molecule has 26 heavy (non-hydrogen) atoms. The monoisotopic (exact) mass is 391 g/mol. The maximum absolute atomic E-state index is 13.1. The summed E-state index contributed by atoms with van der Waals surface area (Å²) in [5.41, 5.74) is 0.836. The number of aromatic nitrogens is 4. The highest BCUT2D eigenvalue weighted by Gasteiger charge is 2.31. The molecule has 3 aromatic rings. The second kappa shape index (κ2) is 6.71. The Hall–Kier alpha value is -1.84. The summed E-state index contributed by atoms with van der Waals surface area (Å²) in [6.07, 6.45) is 3.32. The van der Waals surface area contributed by atoms with Gasteiger partial charge in [-0.05, 0) is 50.1 Å². The van der Waals surface area contributed by atoms with Gasteiger partial charge in [0.1, 0.15) is 16.5 Å². The van der Waals surface area contributed by atoms with E-state index in [0.717, 1.165) is 34.7 Å². The third-order valence-electron chi connectivity index (χ3n) is 4.79. The quantitative estimate of drug-likeness (QED) is 0.683. The molecule has 1 unspecified atom stereocenters. The Morgan fingerprint density at radius 3 is 2.96 bits per heavy atom. The number of sulfonamides is 1. The third kappa shape index (κ3) is 3.26. The number of pyridine rings is 1. The Bertz CT molecular complexity index is 1040. The zero-order chi connectivity index (χ0) is 18.3. The molecule has 1 aliphatic heterocycles. The van der Waals surface area contributed by atoms with Crippen LogP contribution in [0.4, 0.5) is 0 Å². The van der Waals surface area contributed by atoms with Crippen LogP contribution in [-0.2, 0) is 16.6 Å². The first-order chi connectivity index (χ1) is 12.4. The van der Waals surface area contributed by atoms with Crippen LogP contribution >= 0.6 is 11.3 Å². The molecule has 0 saturated carbocycles. The van der Waals surface area contributed by atoms with Crippen LogP contribution in [0.2, 0.25) is 0 Å². The van der Waals surface area contributed by atoms with E-state index in [1.54, 1.807) is 10.4 Å².